The van der Waals surface area contributed by atoms with E-state index in [1.165, 1.54) is 0 Å². The van der Waals surface area contributed by atoms with Crippen LogP contribution in [0.3, 0.4) is 0 Å². The topological polar surface area (TPSA) is 72.3 Å². The van der Waals surface area contributed by atoms with Crippen LogP contribution in [-0.4, -0.2) is 11.4 Å². The molecule has 3 rings (SSSR count). The second-order valence-electron chi connectivity index (χ2n) is 4.73. The average molecular weight is 270 g/mol. The molecule has 1 aliphatic carbocycles. The fourth-order valence-electron chi connectivity index (χ4n) is 2.56. The van der Waals surface area contributed by atoms with Gasteiger partial charge in [-0.3, -0.25) is 0 Å². The van der Waals surface area contributed by atoms with Crippen molar-refractivity contribution in [1.29, 1.82) is 10.5 Å². The Morgan fingerprint density at radius 1 is 0.905 bits per heavy atom. The molecule has 0 bridgehead atoms. The molecule has 0 aromatic heterocycles. The summed E-state index contributed by atoms with van der Waals surface area (Å²) in [6.07, 6.45) is 5.47. The van der Waals surface area contributed by atoms with Gasteiger partial charge in [0.05, 0.1) is 11.4 Å². The summed E-state index contributed by atoms with van der Waals surface area (Å²) in [6, 6.07) is 11.9. The van der Waals surface area contributed by atoms with Crippen molar-refractivity contribution in [2.24, 2.45) is 9.98 Å². The van der Waals surface area contributed by atoms with Crippen LogP contribution in [0.1, 0.15) is 18.1 Å². The minimum absolute atomic E-state index is 0.604. The van der Waals surface area contributed by atoms with E-state index in [9.17, 15) is 0 Å². The Kier molecular flexibility index (Phi) is 3.06. The van der Waals surface area contributed by atoms with Gasteiger partial charge in [-0.15, -0.1) is 0 Å². The van der Waals surface area contributed by atoms with Crippen molar-refractivity contribution in [3.8, 4) is 12.4 Å². The molecule has 0 amide bonds. The van der Waals surface area contributed by atoms with Gasteiger partial charge in [-0.2, -0.15) is 20.5 Å². The molecule has 4 nitrogen and oxygen atoms in total. The van der Waals surface area contributed by atoms with Crippen molar-refractivity contribution >= 4 is 22.2 Å². The van der Waals surface area contributed by atoms with Crippen LogP contribution < -0.4 is 0 Å². The third-order valence-corrected chi connectivity index (χ3v) is 3.48. The Balaban J connectivity index is 2.40. The zero-order valence-electron chi connectivity index (χ0n) is 11.3. The van der Waals surface area contributed by atoms with E-state index in [4.69, 9.17) is 10.5 Å². The van der Waals surface area contributed by atoms with Crippen LogP contribution >= 0.6 is 0 Å². The number of nitriles is 2. The minimum Gasteiger partial charge on any atom is -0.173 e. The maximum absolute atomic E-state index is 8.90. The quantitative estimate of drug-likeness (QED) is 0.689. The van der Waals surface area contributed by atoms with Gasteiger partial charge in [0.25, 0.3) is 0 Å². The van der Waals surface area contributed by atoms with Gasteiger partial charge in [0.15, 0.2) is 0 Å². The van der Waals surface area contributed by atoms with E-state index < -0.39 is 0 Å². The van der Waals surface area contributed by atoms with Gasteiger partial charge >= 0.3 is 0 Å². The largest absolute Gasteiger partial charge is 0.206 e. The first-order valence-corrected chi connectivity index (χ1v) is 6.40. The van der Waals surface area contributed by atoms with Gasteiger partial charge in [0.1, 0.15) is 0 Å². The lowest BCUT2D eigenvalue weighted by Gasteiger charge is -2.18. The van der Waals surface area contributed by atoms with Crippen LogP contribution in [0.15, 0.2) is 58.0 Å². The number of aliphatic imine (C=N–C) groups is 2. The number of hydrogen-bond donors (Lipinski definition) is 0. The van der Waals surface area contributed by atoms with E-state index in [2.05, 4.69) is 9.98 Å². The number of allylic oxidation sites excluding steroid dienone is 2. The number of rotatable bonds is 0. The molecule has 0 saturated heterocycles. The molecule has 4 heteroatoms. The van der Waals surface area contributed by atoms with E-state index in [-0.39, 0.29) is 0 Å². The van der Waals surface area contributed by atoms with Gasteiger partial charge in [-0.05, 0) is 41.5 Å². The highest BCUT2D eigenvalue weighted by molar-refractivity contribution is 6.29. The first-order chi connectivity index (χ1) is 10.2. The van der Waals surface area contributed by atoms with E-state index in [1.807, 2.05) is 55.7 Å². The molecule has 0 saturated carbocycles. The van der Waals surface area contributed by atoms with Gasteiger partial charge in [-0.25, -0.2) is 0 Å². The lowest BCUT2D eigenvalue weighted by Crippen LogP contribution is -2.17. The van der Waals surface area contributed by atoms with Gasteiger partial charge in [-0.1, -0.05) is 24.3 Å². The minimum atomic E-state index is 0.604. The van der Waals surface area contributed by atoms with Crippen molar-refractivity contribution < 1.29 is 0 Å². The first-order valence-electron chi connectivity index (χ1n) is 6.40. The Hall–Kier alpha value is -3.24. The molecule has 0 atom stereocenters. The van der Waals surface area contributed by atoms with Crippen molar-refractivity contribution in [1.82, 2.24) is 0 Å². The first kappa shape index (κ1) is 12.8. The fourth-order valence-corrected chi connectivity index (χ4v) is 2.56. The van der Waals surface area contributed by atoms with Crippen LogP contribution in [0.25, 0.3) is 10.8 Å². The van der Waals surface area contributed by atoms with Gasteiger partial charge in [0, 0.05) is 11.1 Å². The smallest absolute Gasteiger partial charge is 0.173 e. The predicted molar refractivity (Wildman–Crippen MR) is 82.0 cm³/mol. The molecule has 1 aliphatic rings. The highest BCUT2D eigenvalue weighted by atomic mass is 14.8. The Morgan fingerprint density at radius 2 is 1.52 bits per heavy atom. The van der Waals surface area contributed by atoms with Gasteiger partial charge < -0.3 is 0 Å². The average Bonchev–Trinajstić information content (AvgIpc) is 2.50. The van der Waals surface area contributed by atoms with Crippen LogP contribution in [0.5, 0.6) is 0 Å². The second-order valence-corrected chi connectivity index (χ2v) is 4.73. The van der Waals surface area contributed by atoms with Gasteiger partial charge in [0.2, 0.25) is 12.4 Å². The zero-order chi connectivity index (χ0) is 14.8. The molecule has 0 aliphatic heterocycles. The fraction of sp³-hybridized carbons (Fsp3) is 0.0588. The molecule has 21 heavy (non-hydrogen) atoms. The molecule has 2 aromatic rings. The van der Waals surface area contributed by atoms with E-state index in [1.54, 1.807) is 6.08 Å². The Morgan fingerprint density at radius 3 is 2.14 bits per heavy atom. The summed E-state index contributed by atoms with van der Waals surface area (Å²) in [7, 11) is 0. The summed E-state index contributed by atoms with van der Waals surface area (Å²) >= 11 is 0. The molecular formula is C17H10N4. The van der Waals surface area contributed by atoms with E-state index >= 15 is 0 Å². The number of nitrogens with zero attached hydrogens (tertiary/aromatic N) is 4. The summed E-state index contributed by atoms with van der Waals surface area (Å²) in [4.78, 5) is 7.81. The molecule has 0 N–H and O–H groups in total. The van der Waals surface area contributed by atoms with E-state index in [0.717, 1.165) is 27.5 Å². The Bertz CT molecular complexity index is 918. The highest BCUT2D eigenvalue weighted by Gasteiger charge is 2.21. The standard InChI is InChI=1S/C17H10N4/c1-11-6-16(20-9-18)14-7-12-4-2-3-5-13(12)8-15(14)17(11)21-10-19/h2-8H,1H3. The molecule has 98 valence electrons. The van der Waals surface area contributed by atoms with Crippen LogP contribution in [0, 0.1) is 22.9 Å². The summed E-state index contributed by atoms with van der Waals surface area (Å²) in [5.74, 6) is 0. The SMILES string of the molecule is CC1=CC(=NC#N)c2cc3ccccc3cc2C1=NC#N. The molecule has 0 heterocycles. The molecule has 0 unspecified atom stereocenters. The number of fused-ring (bicyclic) bond motifs is 2. The summed E-state index contributed by atoms with van der Waals surface area (Å²) in [5.41, 5.74) is 3.73. The van der Waals surface area contributed by atoms with E-state index in [0.29, 0.717) is 11.4 Å². The zero-order valence-corrected chi connectivity index (χ0v) is 11.3. The molecule has 0 spiro atoms. The van der Waals surface area contributed by atoms with Crippen LogP contribution in [0.2, 0.25) is 0 Å². The number of hydrogen-bond acceptors (Lipinski definition) is 4. The highest BCUT2D eigenvalue weighted by Crippen LogP contribution is 2.27. The van der Waals surface area contributed by atoms with Crippen LogP contribution in [-0.2, 0) is 0 Å². The molecule has 0 radical (unpaired) electrons. The third kappa shape index (κ3) is 2.09. The normalized spacial score (nSPS) is 17.2. The lowest BCUT2D eigenvalue weighted by molar-refractivity contribution is 1.39. The molecular weight excluding hydrogens is 260 g/mol. The third-order valence-electron chi connectivity index (χ3n) is 3.48. The van der Waals surface area contributed by atoms with Crippen molar-refractivity contribution in [3.05, 3.63) is 59.2 Å². The van der Waals surface area contributed by atoms with Crippen molar-refractivity contribution in [3.63, 3.8) is 0 Å². The van der Waals surface area contributed by atoms with Crippen molar-refractivity contribution in [2.45, 2.75) is 6.92 Å². The summed E-state index contributed by atoms with van der Waals surface area (Å²) in [6.45, 7) is 1.86. The molecule has 2 aromatic carbocycles. The lowest BCUT2D eigenvalue weighted by atomic mass is 9.87. The predicted octanol–water partition coefficient (Wildman–Crippen LogP) is 3.34. The van der Waals surface area contributed by atoms with Crippen molar-refractivity contribution in [2.75, 3.05) is 0 Å². The number of benzene rings is 2. The summed E-state index contributed by atoms with van der Waals surface area (Å²) in [5, 5.41) is 19.9. The monoisotopic (exact) mass is 270 g/mol. The van der Waals surface area contributed by atoms with Crippen LogP contribution in [0.4, 0.5) is 0 Å². The second kappa shape index (κ2) is 5.03. The summed E-state index contributed by atoms with van der Waals surface area (Å²) < 4.78 is 0. The maximum atomic E-state index is 8.90. The Labute approximate surface area is 122 Å². The molecule has 0 fully saturated rings. The maximum Gasteiger partial charge on any atom is 0.206 e.